The van der Waals surface area contributed by atoms with Crippen LogP contribution in [-0.4, -0.2) is 37.1 Å². The predicted molar refractivity (Wildman–Crippen MR) is 85.0 cm³/mol. The Kier molecular flexibility index (Phi) is 3.75. The molecule has 0 amide bonds. The van der Waals surface area contributed by atoms with Crippen LogP contribution in [0.25, 0.3) is 10.9 Å². The molecular formula is C16H20N4O. The maximum absolute atomic E-state index is 7.85. The lowest BCUT2D eigenvalue weighted by Gasteiger charge is -2.34. The van der Waals surface area contributed by atoms with Crippen LogP contribution in [-0.2, 0) is 4.74 Å². The van der Waals surface area contributed by atoms with Crippen molar-refractivity contribution in [1.29, 1.82) is 5.41 Å². The van der Waals surface area contributed by atoms with Gasteiger partial charge in [0.2, 0.25) is 0 Å². The fourth-order valence-corrected chi connectivity index (χ4v) is 2.96. The van der Waals surface area contributed by atoms with Crippen molar-refractivity contribution >= 4 is 22.4 Å². The standard InChI is InChI=1S/C16H20N4O/c1-20(11-6-8-21-9-7-11)15-12-4-2-3-5-14(12)19-10-13(15)16(17)18/h2-5,10-11H,6-9H2,1H3,(H3,17,18). The number of nitrogens with zero attached hydrogens (tertiary/aromatic N) is 2. The first-order valence-corrected chi connectivity index (χ1v) is 7.21. The molecule has 5 nitrogen and oxygen atoms in total. The maximum Gasteiger partial charge on any atom is 0.126 e. The molecular weight excluding hydrogens is 264 g/mol. The Labute approximate surface area is 124 Å². The zero-order valence-corrected chi connectivity index (χ0v) is 12.2. The first kappa shape index (κ1) is 13.8. The maximum atomic E-state index is 7.85. The molecule has 3 rings (SSSR count). The summed E-state index contributed by atoms with van der Waals surface area (Å²) in [6, 6.07) is 8.40. The summed E-state index contributed by atoms with van der Waals surface area (Å²) in [7, 11) is 2.07. The lowest BCUT2D eigenvalue weighted by Crippen LogP contribution is -2.38. The molecule has 0 aliphatic carbocycles. The van der Waals surface area contributed by atoms with Crippen molar-refractivity contribution < 1.29 is 4.74 Å². The number of anilines is 1. The number of ether oxygens (including phenoxy) is 1. The van der Waals surface area contributed by atoms with Crippen LogP contribution in [0.3, 0.4) is 0 Å². The number of nitrogen functional groups attached to an aromatic ring is 1. The highest BCUT2D eigenvalue weighted by atomic mass is 16.5. The summed E-state index contributed by atoms with van der Waals surface area (Å²) in [5.74, 6) is 0.0576. The molecule has 1 aromatic heterocycles. The monoisotopic (exact) mass is 284 g/mol. The van der Waals surface area contributed by atoms with Crippen molar-refractivity contribution in [3.63, 3.8) is 0 Å². The molecule has 1 aliphatic heterocycles. The van der Waals surface area contributed by atoms with E-state index >= 15 is 0 Å². The number of fused-ring (bicyclic) bond motifs is 1. The van der Waals surface area contributed by atoms with Gasteiger partial charge in [0.15, 0.2) is 0 Å². The molecule has 0 radical (unpaired) electrons. The summed E-state index contributed by atoms with van der Waals surface area (Å²) in [6.07, 6.45) is 3.69. The Morgan fingerprint density at radius 1 is 1.33 bits per heavy atom. The van der Waals surface area contributed by atoms with Crippen LogP contribution in [0.15, 0.2) is 30.5 Å². The van der Waals surface area contributed by atoms with Gasteiger partial charge < -0.3 is 15.4 Å². The molecule has 1 saturated heterocycles. The highest BCUT2D eigenvalue weighted by Gasteiger charge is 2.23. The van der Waals surface area contributed by atoms with Gasteiger partial charge in [0.05, 0.1) is 16.8 Å². The van der Waals surface area contributed by atoms with Crippen LogP contribution in [0.4, 0.5) is 5.69 Å². The largest absolute Gasteiger partial charge is 0.384 e. The molecule has 1 aliphatic rings. The molecule has 2 aromatic rings. The van der Waals surface area contributed by atoms with Crippen molar-refractivity contribution in [3.8, 4) is 0 Å². The Balaban J connectivity index is 2.13. The Morgan fingerprint density at radius 2 is 2.05 bits per heavy atom. The molecule has 0 spiro atoms. The van der Waals surface area contributed by atoms with E-state index in [9.17, 15) is 0 Å². The van der Waals surface area contributed by atoms with Gasteiger partial charge in [-0.3, -0.25) is 10.4 Å². The normalized spacial score (nSPS) is 16.0. The van der Waals surface area contributed by atoms with E-state index in [-0.39, 0.29) is 5.84 Å². The number of pyridine rings is 1. The van der Waals surface area contributed by atoms with Crippen molar-refractivity contribution in [2.45, 2.75) is 18.9 Å². The van der Waals surface area contributed by atoms with Gasteiger partial charge in [-0.05, 0) is 18.9 Å². The fourth-order valence-electron chi connectivity index (χ4n) is 2.96. The zero-order valence-electron chi connectivity index (χ0n) is 12.2. The smallest absolute Gasteiger partial charge is 0.126 e. The highest BCUT2D eigenvalue weighted by Crippen LogP contribution is 2.31. The van der Waals surface area contributed by atoms with Crippen LogP contribution < -0.4 is 10.6 Å². The lowest BCUT2D eigenvalue weighted by molar-refractivity contribution is 0.0855. The van der Waals surface area contributed by atoms with E-state index in [0.29, 0.717) is 11.6 Å². The lowest BCUT2D eigenvalue weighted by atomic mass is 10.0. The summed E-state index contributed by atoms with van der Waals surface area (Å²) >= 11 is 0. The van der Waals surface area contributed by atoms with Crippen molar-refractivity contribution in [3.05, 3.63) is 36.0 Å². The van der Waals surface area contributed by atoms with Gasteiger partial charge in [-0.25, -0.2) is 0 Å². The van der Waals surface area contributed by atoms with Crippen LogP contribution in [0, 0.1) is 5.41 Å². The number of nitrogens with one attached hydrogen (secondary N) is 1. The van der Waals surface area contributed by atoms with Gasteiger partial charge in [0.1, 0.15) is 5.84 Å². The van der Waals surface area contributed by atoms with Gasteiger partial charge in [0, 0.05) is 37.9 Å². The number of amidine groups is 1. The van der Waals surface area contributed by atoms with Gasteiger partial charge in [0.25, 0.3) is 0 Å². The third kappa shape index (κ3) is 2.56. The molecule has 1 fully saturated rings. The number of nitrogens with two attached hydrogens (primary N) is 1. The second-order valence-electron chi connectivity index (χ2n) is 5.41. The Morgan fingerprint density at radius 3 is 2.76 bits per heavy atom. The minimum atomic E-state index is 0.0576. The van der Waals surface area contributed by atoms with Crippen LogP contribution in [0.2, 0.25) is 0 Å². The predicted octanol–water partition coefficient (Wildman–Crippen LogP) is 2.13. The Hall–Kier alpha value is -2.14. The summed E-state index contributed by atoms with van der Waals surface area (Å²) in [4.78, 5) is 6.66. The molecule has 3 N–H and O–H groups in total. The number of para-hydroxylation sites is 1. The first-order valence-electron chi connectivity index (χ1n) is 7.21. The minimum absolute atomic E-state index is 0.0576. The Bertz CT molecular complexity index is 664. The molecule has 0 unspecified atom stereocenters. The van der Waals surface area contributed by atoms with E-state index in [0.717, 1.165) is 42.6 Å². The second kappa shape index (κ2) is 5.69. The molecule has 0 saturated carbocycles. The molecule has 21 heavy (non-hydrogen) atoms. The van der Waals surface area contributed by atoms with E-state index in [2.05, 4.69) is 16.9 Å². The van der Waals surface area contributed by atoms with Crippen LogP contribution >= 0.6 is 0 Å². The van der Waals surface area contributed by atoms with Gasteiger partial charge in [-0.15, -0.1) is 0 Å². The van der Waals surface area contributed by atoms with Crippen LogP contribution in [0.1, 0.15) is 18.4 Å². The number of hydrogen-bond acceptors (Lipinski definition) is 4. The van der Waals surface area contributed by atoms with Crippen LogP contribution in [0.5, 0.6) is 0 Å². The molecule has 0 bridgehead atoms. The summed E-state index contributed by atoms with van der Waals surface area (Å²) in [5, 5.41) is 8.89. The van der Waals surface area contributed by atoms with Gasteiger partial charge in [-0.1, -0.05) is 18.2 Å². The third-order valence-corrected chi connectivity index (χ3v) is 4.13. The van der Waals surface area contributed by atoms with Gasteiger partial charge >= 0.3 is 0 Å². The third-order valence-electron chi connectivity index (χ3n) is 4.13. The van der Waals surface area contributed by atoms with E-state index in [4.69, 9.17) is 15.9 Å². The quantitative estimate of drug-likeness (QED) is 0.669. The fraction of sp³-hybridized carbons (Fsp3) is 0.375. The topological polar surface area (TPSA) is 75.2 Å². The summed E-state index contributed by atoms with van der Waals surface area (Å²) in [6.45, 7) is 1.57. The van der Waals surface area contributed by atoms with Crippen molar-refractivity contribution in [2.75, 3.05) is 25.2 Å². The van der Waals surface area contributed by atoms with Crippen molar-refractivity contribution in [1.82, 2.24) is 4.98 Å². The molecule has 0 atom stereocenters. The highest BCUT2D eigenvalue weighted by molar-refractivity contribution is 6.07. The molecule has 2 heterocycles. The van der Waals surface area contributed by atoms with Gasteiger partial charge in [-0.2, -0.15) is 0 Å². The summed E-state index contributed by atoms with van der Waals surface area (Å²) < 4.78 is 5.44. The summed E-state index contributed by atoms with van der Waals surface area (Å²) in [5.41, 5.74) is 8.39. The average Bonchev–Trinajstić information content (AvgIpc) is 2.53. The SMILES string of the molecule is CN(c1c(C(=N)N)cnc2ccccc12)C1CCOCC1. The number of rotatable bonds is 3. The number of aromatic nitrogens is 1. The van der Waals surface area contributed by atoms with E-state index < -0.39 is 0 Å². The molecule has 110 valence electrons. The zero-order chi connectivity index (χ0) is 14.8. The molecule has 1 aromatic carbocycles. The van der Waals surface area contributed by atoms with E-state index in [1.54, 1.807) is 6.20 Å². The second-order valence-corrected chi connectivity index (χ2v) is 5.41. The first-order chi connectivity index (χ1) is 10.2. The average molecular weight is 284 g/mol. The van der Waals surface area contributed by atoms with E-state index in [1.165, 1.54) is 0 Å². The molecule has 5 heteroatoms. The van der Waals surface area contributed by atoms with Crippen molar-refractivity contribution in [2.24, 2.45) is 5.73 Å². The number of benzene rings is 1. The minimum Gasteiger partial charge on any atom is -0.384 e. The number of hydrogen-bond donors (Lipinski definition) is 2. The van der Waals surface area contributed by atoms with E-state index in [1.807, 2.05) is 24.3 Å².